The van der Waals surface area contributed by atoms with Gasteiger partial charge in [0.2, 0.25) is 5.91 Å². The molecule has 1 unspecified atom stereocenters. The summed E-state index contributed by atoms with van der Waals surface area (Å²) in [5.41, 5.74) is 3.68. The Morgan fingerprint density at radius 2 is 2.00 bits per heavy atom. The Labute approximate surface area is 164 Å². The standard InChI is InChI=1S/C21H25N5O2/c1-14-16(15(2)26(4)24-14)10-11-19(27)23-20(21-22-12-13-25(21)3)17-8-6-7-9-18(17)28-5/h6-13,20H,1-5H3,(H,23,27)/b11-10+. The summed E-state index contributed by atoms with van der Waals surface area (Å²) >= 11 is 0. The first-order chi connectivity index (χ1) is 13.4. The molecule has 2 heterocycles. The number of imidazole rings is 1. The van der Waals surface area contributed by atoms with Crippen molar-refractivity contribution < 1.29 is 9.53 Å². The summed E-state index contributed by atoms with van der Waals surface area (Å²) in [6, 6.07) is 7.17. The Balaban J connectivity index is 1.91. The van der Waals surface area contributed by atoms with E-state index in [9.17, 15) is 4.79 Å². The lowest BCUT2D eigenvalue weighted by molar-refractivity contribution is -0.117. The minimum Gasteiger partial charge on any atom is -0.496 e. The van der Waals surface area contributed by atoms with E-state index in [4.69, 9.17) is 4.74 Å². The molecule has 146 valence electrons. The third-order valence-corrected chi connectivity index (χ3v) is 4.82. The van der Waals surface area contributed by atoms with Crippen molar-refractivity contribution in [1.82, 2.24) is 24.6 Å². The Morgan fingerprint density at radius 3 is 2.61 bits per heavy atom. The number of ether oxygens (including phenoxy) is 1. The van der Waals surface area contributed by atoms with Crippen LogP contribution in [0.3, 0.4) is 0 Å². The number of nitrogens with one attached hydrogen (secondary N) is 1. The summed E-state index contributed by atoms with van der Waals surface area (Å²) in [6.45, 7) is 3.90. The molecule has 28 heavy (non-hydrogen) atoms. The zero-order chi connectivity index (χ0) is 20.3. The van der Waals surface area contributed by atoms with E-state index in [2.05, 4.69) is 15.4 Å². The van der Waals surface area contributed by atoms with Crippen molar-refractivity contribution in [3.05, 3.63) is 71.1 Å². The van der Waals surface area contributed by atoms with Crippen LogP contribution in [-0.2, 0) is 18.9 Å². The van der Waals surface area contributed by atoms with Gasteiger partial charge >= 0.3 is 0 Å². The molecule has 0 aliphatic carbocycles. The number of rotatable bonds is 6. The molecule has 0 bridgehead atoms. The molecule has 0 radical (unpaired) electrons. The number of aryl methyl sites for hydroxylation is 3. The number of hydrogen-bond acceptors (Lipinski definition) is 4. The molecule has 1 atom stereocenters. The van der Waals surface area contributed by atoms with Crippen molar-refractivity contribution in [2.75, 3.05) is 7.11 Å². The van der Waals surface area contributed by atoms with Gasteiger partial charge in [0.25, 0.3) is 0 Å². The monoisotopic (exact) mass is 379 g/mol. The number of nitrogens with zero attached hydrogens (tertiary/aromatic N) is 4. The van der Waals surface area contributed by atoms with Gasteiger partial charge in [0, 0.05) is 49.4 Å². The fourth-order valence-electron chi connectivity index (χ4n) is 3.22. The van der Waals surface area contributed by atoms with E-state index < -0.39 is 6.04 Å². The van der Waals surface area contributed by atoms with Crippen LogP contribution >= 0.6 is 0 Å². The number of aromatic nitrogens is 4. The average Bonchev–Trinajstić information content (AvgIpc) is 3.21. The average molecular weight is 379 g/mol. The maximum Gasteiger partial charge on any atom is 0.244 e. The number of hydrogen-bond donors (Lipinski definition) is 1. The summed E-state index contributed by atoms with van der Waals surface area (Å²) < 4.78 is 9.18. The predicted octanol–water partition coefficient (Wildman–Crippen LogP) is 2.70. The third kappa shape index (κ3) is 3.83. The highest BCUT2D eigenvalue weighted by Gasteiger charge is 2.23. The number of benzene rings is 1. The van der Waals surface area contributed by atoms with Crippen LogP contribution in [0.5, 0.6) is 5.75 Å². The van der Waals surface area contributed by atoms with Gasteiger partial charge in [0.15, 0.2) is 0 Å². The summed E-state index contributed by atoms with van der Waals surface area (Å²) in [5, 5.41) is 7.43. The highest BCUT2D eigenvalue weighted by atomic mass is 16.5. The summed E-state index contributed by atoms with van der Waals surface area (Å²) in [5.74, 6) is 1.19. The molecule has 3 aromatic rings. The van der Waals surface area contributed by atoms with Crippen molar-refractivity contribution in [2.24, 2.45) is 14.1 Å². The Bertz CT molecular complexity index is 1020. The fourth-order valence-corrected chi connectivity index (χ4v) is 3.22. The SMILES string of the molecule is COc1ccccc1C(NC(=O)/C=C/c1c(C)nn(C)c1C)c1nccn1C. The predicted molar refractivity (Wildman–Crippen MR) is 108 cm³/mol. The van der Waals surface area contributed by atoms with E-state index in [1.54, 1.807) is 24.1 Å². The third-order valence-electron chi connectivity index (χ3n) is 4.82. The lowest BCUT2D eigenvalue weighted by atomic mass is 10.0. The normalized spacial score (nSPS) is 12.3. The van der Waals surface area contributed by atoms with Crippen LogP contribution in [0.1, 0.15) is 34.4 Å². The number of methoxy groups -OCH3 is 1. The fraction of sp³-hybridized carbons (Fsp3) is 0.286. The zero-order valence-electron chi connectivity index (χ0n) is 16.8. The van der Waals surface area contributed by atoms with Crippen molar-refractivity contribution >= 4 is 12.0 Å². The van der Waals surface area contributed by atoms with Gasteiger partial charge in [-0.2, -0.15) is 5.10 Å². The van der Waals surface area contributed by atoms with Crippen LogP contribution in [0.15, 0.2) is 42.7 Å². The molecular weight excluding hydrogens is 354 g/mol. The number of para-hydroxylation sites is 1. The Kier molecular flexibility index (Phi) is 5.63. The van der Waals surface area contributed by atoms with Crippen LogP contribution in [0.25, 0.3) is 6.08 Å². The number of amides is 1. The van der Waals surface area contributed by atoms with Crippen molar-refractivity contribution in [2.45, 2.75) is 19.9 Å². The van der Waals surface area contributed by atoms with E-state index in [1.165, 1.54) is 6.08 Å². The molecule has 1 amide bonds. The Hall–Kier alpha value is -3.35. The molecule has 1 N–H and O–H groups in total. The second-order valence-electron chi connectivity index (χ2n) is 6.62. The number of carbonyl (C=O) groups is 1. The van der Waals surface area contributed by atoms with Crippen LogP contribution in [-0.4, -0.2) is 32.3 Å². The van der Waals surface area contributed by atoms with Gasteiger partial charge in [-0.25, -0.2) is 4.98 Å². The lowest BCUT2D eigenvalue weighted by Crippen LogP contribution is -2.30. The summed E-state index contributed by atoms with van der Waals surface area (Å²) in [6.07, 6.45) is 6.89. The molecule has 0 saturated heterocycles. The molecule has 0 aliphatic rings. The lowest BCUT2D eigenvalue weighted by Gasteiger charge is -2.20. The molecular formula is C21H25N5O2. The molecule has 0 saturated carbocycles. The van der Waals surface area contributed by atoms with Gasteiger partial charge < -0.3 is 14.6 Å². The van der Waals surface area contributed by atoms with E-state index in [1.807, 2.05) is 63.0 Å². The quantitative estimate of drug-likeness (QED) is 0.669. The Morgan fingerprint density at radius 1 is 1.25 bits per heavy atom. The van der Waals surface area contributed by atoms with Gasteiger partial charge in [-0.1, -0.05) is 18.2 Å². The van der Waals surface area contributed by atoms with E-state index in [0.29, 0.717) is 5.75 Å². The highest BCUT2D eigenvalue weighted by molar-refractivity contribution is 5.92. The minimum absolute atomic E-state index is 0.221. The second-order valence-corrected chi connectivity index (χ2v) is 6.62. The number of carbonyl (C=O) groups excluding carboxylic acids is 1. The molecule has 2 aromatic heterocycles. The van der Waals surface area contributed by atoms with E-state index >= 15 is 0 Å². The van der Waals surface area contributed by atoms with Gasteiger partial charge in [-0.15, -0.1) is 0 Å². The van der Waals surface area contributed by atoms with Crippen molar-refractivity contribution in [3.8, 4) is 5.75 Å². The topological polar surface area (TPSA) is 74.0 Å². The zero-order valence-corrected chi connectivity index (χ0v) is 16.8. The van der Waals surface area contributed by atoms with E-state index in [-0.39, 0.29) is 5.91 Å². The summed E-state index contributed by atoms with van der Waals surface area (Å²) in [4.78, 5) is 17.2. The van der Waals surface area contributed by atoms with Crippen LogP contribution in [0.2, 0.25) is 0 Å². The maximum absolute atomic E-state index is 12.7. The maximum atomic E-state index is 12.7. The molecule has 1 aromatic carbocycles. The van der Waals surface area contributed by atoms with Crippen LogP contribution in [0.4, 0.5) is 0 Å². The molecule has 3 rings (SSSR count). The molecule has 0 aliphatic heterocycles. The molecule has 0 spiro atoms. The minimum atomic E-state index is -0.440. The van der Waals surface area contributed by atoms with Crippen LogP contribution < -0.4 is 10.1 Å². The van der Waals surface area contributed by atoms with Crippen LogP contribution in [0, 0.1) is 13.8 Å². The molecule has 7 heteroatoms. The van der Waals surface area contributed by atoms with E-state index in [0.717, 1.165) is 28.3 Å². The second kappa shape index (κ2) is 8.12. The first-order valence-electron chi connectivity index (χ1n) is 9.01. The van der Waals surface area contributed by atoms with Gasteiger partial charge in [0.1, 0.15) is 17.6 Å². The highest BCUT2D eigenvalue weighted by Crippen LogP contribution is 2.29. The first-order valence-corrected chi connectivity index (χ1v) is 9.01. The van der Waals surface area contributed by atoms with Gasteiger partial charge in [-0.3, -0.25) is 9.48 Å². The van der Waals surface area contributed by atoms with Crippen molar-refractivity contribution in [3.63, 3.8) is 0 Å². The summed E-state index contributed by atoms with van der Waals surface area (Å²) in [7, 11) is 5.40. The van der Waals surface area contributed by atoms with Gasteiger partial charge in [-0.05, 0) is 26.0 Å². The van der Waals surface area contributed by atoms with Gasteiger partial charge in [0.05, 0.1) is 12.8 Å². The smallest absolute Gasteiger partial charge is 0.244 e. The molecule has 7 nitrogen and oxygen atoms in total. The molecule has 0 fully saturated rings. The largest absolute Gasteiger partial charge is 0.496 e. The van der Waals surface area contributed by atoms with Crippen molar-refractivity contribution in [1.29, 1.82) is 0 Å². The first kappa shape index (κ1) is 19.4.